The van der Waals surface area contributed by atoms with Gasteiger partial charge in [-0.3, -0.25) is 4.99 Å². The first-order valence-electron chi connectivity index (χ1n) is 8.73. The van der Waals surface area contributed by atoms with Crippen molar-refractivity contribution in [2.75, 3.05) is 13.7 Å². The highest BCUT2D eigenvalue weighted by molar-refractivity contribution is 14.0. The van der Waals surface area contributed by atoms with Crippen LogP contribution >= 0.6 is 24.0 Å². The summed E-state index contributed by atoms with van der Waals surface area (Å²) in [6.07, 6.45) is 5.37. The number of aryl methyl sites for hydroxylation is 2. The highest BCUT2D eigenvalue weighted by Crippen LogP contribution is 2.57. The summed E-state index contributed by atoms with van der Waals surface area (Å²) in [6.45, 7) is 7.61. The van der Waals surface area contributed by atoms with Gasteiger partial charge in [0.1, 0.15) is 11.5 Å². The Bertz CT molecular complexity index is 581. The molecule has 1 aromatic heterocycles. The molecule has 2 fully saturated rings. The molecule has 2 atom stereocenters. The highest BCUT2D eigenvalue weighted by atomic mass is 127. The van der Waals surface area contributed by atoms with Crippen LogP contribution < -0.4 is 10.6 Å². The molecule has 2 unspecified atom stereocenters. The maximum absolute atomic E-state index is 5.92. The third-order valence-electron chi connectivity index (χ3n) is 5.56. The van der Waals surface area contributed by atoms with Crippen LogP contribution in [0.2, 0.25) is 0 Å². The molecule has 1 spiro atoms. The molecule has 5 nitrogen and oxygen atoms in total. The molecule has 2 aliphatic carbocycles. The number of ether oxygens (including phenoxy) is 1. The van der Waals surface area contributed by atoms with Crippen LogP contribution in [0.25, 0.3) is 0 Å². The zero-order valence-corrected chi connectivity index (χ0v) is 17.5. The van der Waals surface area contributed by atoms with E-state index in [9.17, 15) is 0 Å². The number of rotatable bonds is 5. The monoisotopic (exact) mass is 447 g/mol. The van der Waals surface area contributed by atoms with Gasteiger partial charge in [-0.05, 0) is 46.1 Å². The van der Waals surface area contributed by atoms with Crippen molar-refractivity contribution in [1.82, 2.24) is 10.6 Å². The largest absolute Gasteiger partial charge is 0.466 e. The molecular formula is C18H30IN3O2. The Kier molecular flexibility index (Phi) is 6.59. The minimum Gasteiger partial charge on any atom is -0.466 e. The lowest BCUT2D eigenvalue weighted by molar-refractivity contribution is -0.168. The van der Waals surface area contributed by atoms with Crippen molar-refractivity contribution in [3.05, 3.63) is 23.2 Å². The van der Waals surface area contributed by atoms with Gasteiger partial charge in [0.2, 0.25) is 0 Å². The number of nitrogens with one attached hydrogen (secondary N) is 2. The van der Waals surface area contributed by atoms with Gasteiger partial charge in [0.25, 0.3) is 0 Å². The summed E-state index contributed by atoms with van der Waals surface area (Å²) >= 11 is 0. The molecule has 0 bridgehead atoms. The van der Waals surface area contributed by atoms with Crippen LogP contribution in [0, 0.1) is 19.3 Å². The van der Waals surface area contributed by atoms with Crippen molar-refractivity contribution in [3.8, 4) is 0 Å². The SMILES string of the molecule is CCOC1CC(NC(=NC)NCc2cc(C)oc2C)C12CCC2.I. The molecule has 1 heterocycles. The Labute approximate surface area is 162 Å². The minimum absolute atomic E-state index is 0. The number of guanidine groups is 1. The Hall–Kier alpha value is -0.760. The summed E-state index contributed by atoms with van der Waals surface area (Å²) in [7, 11) is 1.83. The van der Waals surface area contributed by atoms with E-state index in [2.05, 4.69) is 28.6 Å². The number of hydrogen-bond acceptors (Lipinski definition) is 3. The molecular weight excluding hydrogens is 417 g/mol. The quantitative estimate of drug-likeness (QED) is 0.412. The second-order valence-electron chi connectivity index (χ2n) is 6.83. The van der Waals surface area contributed by atoms with Crippen molar-refractivity contribution in [1.29, 1.82) is 0 Å². The van der Waals surface area contributed by atoms with Crippen molar-refractivity contribution >= 4 is 29.9 Å². The van der Waals surface area contributed by atoms with Gasteiger partial charge in [0.15, 0.2) is 5.96 Å². The molecule has 136 valence electrons. The Morgan fingerprint density at radius 3 is 2.67 bits per heavy atom. The highest BCUT2D eigenvalue weighted by Gasteiger charge is 2.59. The summed E-state index contributed by atoms with van der Waals surface area (Å²) in [5.74, 6) is 2.80. The van der Waals surface area contributed by atoms with E-state index in [-0.39, 0.29) is 24.0 Å². The molecule has 24 heavy (non-hydrogen) atoms. The van der Waals surface area contributed by atoms with E-state index < -0.39 is 0 Å². The first-order valence-corrected chi connectivity index (χ1v) is 8.73. The summed E-state index contributed by atoms with van der Waals surface area (Å²) in [5, 5.41) is 7.02. The number of aliphatic imine (C=N–C) groups is 1. The fourth-order valence-electron chi connectivity index (χ4n) is 4.04. The molecule has 0 saturated heterocycles. The third-order valence-corrected chi connectivity index (χ3v) is 5.56. The zero-order valence-electron chi connectivity index (χ0n) is 15.1. The normalized spacial score (nSPS) is 24.8. The number of halogens is 1. The molecule has 2 saturated carbocycles. The van der Waals surface area contributed by atoms with Gasteiger partial charge in [0.05, 0.1) is 6.10 Å². The molecule has 2 aliphatic rings. The van der Waals surface area contributed by atoms with E-state index in [1.807, 2.05) is 20.9 Å². The first-order chi connectivity index (χ1) is 11.1. The second-order valence-corrected chi connectivity index (χ2v) is 6.83. The molecule has 0 amide bonds. The number of hydrogen-bond donors (Lipinski definition) is 2. The second kappa shape index (κ2) is 8.08. The predicted octanol–water partition coefficient (Wildman–Crippen LogP) is 3.53. The molecule has 3 rings (SSSR count). The summed E-state index contributed by atoms with van der Waals surface area (Å²) < 4.78 is 11.5. The Morgan fingerprint density at radius 2 is 2.17 bits per heavy atom. The summed E-state index contributed by atoms with van der Waals surface area (Å²) in [6, 6.07) is 2.56. The van der Waals surface area contributed by atoms with Gasteiger partial charge < -0.3 is 19.8 Å². The summed E-state index contributed by atoms with van der Waals surface area (Å²) in [5.41, 5.74) is 1.53. The Balaban J connectivity index is 0.00000208. The van der Waals surface area contributed by atoms with Crippen molar-refractivity contribution in [3.63, 3.8) is 0 Å². The molecule has 0 aliphatic heterocycles. The van der Waals surface area contributed by atoms with Crippen molar-refractivity contribution < 1.29 is 9.15 Å². The summed E-state index contributed by atoms with van der Waals surface area (Å²) in [4.78, 5) is 4.38. The number of nitrogens with zero attached hydrogens (tertiary/aromatic N) is 1. The van der Waals surface area contributed by atoms with E-state index in [1.54, 1.807) is 0 Å². The predicted molar refractivity (Wildman–Crippen MR) is 107 cm³/mol. The van der Waals surface area contributed by atoms with Gasteiger partial charge in [0, 0.05) is 37.2 Å². The van der Waals surface area contributed by atoms with E-state index in [0.717, 1.165) is 37.1 Å². The molecule has 1 aromatic rings. The van der Waals surface area contributed by atoms with Crippen LogP contribution in [0.5, 0.6) is 0 Å². The lowest BCUT2D eigenvalue weighted by atomic mass is 9.51. The van der Waals surface area contributed by atoms with E-state index in [1.165, 1.54) is 24.8 Å². The van der Waals surface area contributed by atoms with Crippen LogP contribution in [0.15, 0.2) is 15.5 Å². The molecule has 0 aromatic carbocycles. The maximum atomic E-state index is 5.92. The van der Waals surface area contributed by atoms with Gasteiger partial charge in [-0.15, -0.1) is 24.0 Å². The van der Waals surface area contributed by atoms with Crippen LogP contribution in [-0.2, 0) is 11.3 Å². The fraction of sp³-hybridized carbons (Fsp3) is 0.722. The first kappa shape index (κ1) is 19.6. The smallest absolute Gasteiger partial charge is 0.191 e. The van der Waals surface area contributed by atoms with Gasteiger partial charge in [-0.25, -0.2) is 0 Å². The van der Waals surface area contributed by atoms with Gasteiger partial charge in [-0.2, -0.15) is 0 Å². The van der Waals surface area contributed by atoms with Crippen LogP contribution in [0.3, 0.4) is 0 Å². The average molecular weight is 447 g/mol. The fourth-order valence-corrected chi connectivity index (χ4v) is 4.04. The van der Waals surface area contributed by atoms with Crippen LogP contribution in [0.4, 0.5) is 0 Å². The molecule has 6 heteroatoms. The van der Waals surface area contributed by atoms with Crippen LogP contribution in [0.1, 0.15) is 49.7 Å². The average Bonchev–Trinajstić information content (AvgIpc) is 2.77. The number of furan rings is 1. The van der Waals surface area contributed by atoms with Crippen molar-refractivity contribution in [2.45, 2.75) is 65.1 Å². The topological polar surface area (TPSA) is 58.8 Å². The molecule has 0 radical (unpaired) electrons. The van der Waals surface area contributed by atoms with Crippen LogP contribution in [-0.4, -0.2) is 31.8 Å². The van der Waals surface area contributed by atoms with Gasteiger partial charge >= 0.3 is 0 Å². The van der Waals surface area contributed by atoms with E-state index in [4.69, 9.17) is 9.15 Å². The van der Waals surface area contributed by atoms with Gasteiger partial charge in [-0.1, -0.05) is 6.42 Å². The third kappa shape index (κ3) is 3.59. The van der Waals surface area contributed by atoms with Crippen molar-refractivity contribution in [2.24, 2.45) is 10.4 Å². The Morgan fingerprint density at radius 1 is 1.42 bits per heavy atom. The maximum Gasteiger partial charge on any atom is 0.191 e. The zero-order chi connectivity index (χ0) is 16.4. The standard InChI is InChI=1S/C18H29N3O2.HI/c1-5-22-16-10-15(18(16)7-6-8-18)21-17(19-4)20-11-14-9-12(2)23-13(14)3;/h9,15-16H,5-8,10-11H2,1-4H3,(H2,19,20,21);1H. The lowest BCUT2D eigenvalue weighted by Crippen LogP contribution is -2.68. The van der Waals surface area contributed by atoms with E-state index in [0.29, 0.717) is 17.6 Å². The molecule has 2 N–H and O–H groups in total. The van der Waals surface area contributed by atoms with E-state index >= 15 is 0 Å². The lowest BCUT2D eigenvalue weighted by Gasteiger charge is -2.61. The minimum atomic E-state index is 0.